The maximum atomic E-state index is 13.2. The van der Waals surface area contributed by atoms with Crippen LogP contribution >= 0.6 is 0 Å². The zero-order valence-electron chi connectivity index (χ0n) is 20.7. The van der Waals surface area contributed by atoms with Crippen LogP contribution in [0.2, 0.25) is 0 Å². The lowest BCUT2D eigenvalue weighted by Gasteiger charge is -2.24. The number of anilines is 1. The number of esters is 2. The zero-order valence-corrected chi connectivity index (χ0v) is 20.7. The molecule has 0 saturated carbocycles. The van der Waals surface area contributed by atoms with Gasteiger partial charge in [-0.3, -0.25) is 14.6 Å². The van der Waals surface area contributed by atoms with Crippen LogP contribution in [0.4, 0.5) is 5.69 Å². The van der Waals surface area contributed by atoms with Gasteiger partial charge in [-0.15, -0.1) is 0 Å². The number of hydrogen-bond acceptors (Lipinski definition) is 7. The van der Waals surface area contributed by atoms with E-state index in [9.17, 15) is 14.4 Å². The number of methoxy groups -OCH3 is 1. The molecule has 1 aliphatic rings. The monoisotopic (exact) mass is 486 g/mol. The van der Waals surface area contributed by atoms with Crippen LogP contribution in [0.1, 0.15) is 39.5 Å². The summed E-state index contributed by atoms with van der Waals surface area (Å²) >= 11 is 0. The average molecular weight is 487 g/mol. The van der Waals surface area contributed by atoms with Gasteiger partial charge in [0.25, 0.3) is 5.91 Å². The van der Waals surface area contributed by atoms with Gasteiger partial charge in [-0.1, -0.05) is 6.07 Å². The van der Waals surface area contributed by atoms with Gasteiger partial charge in [-0.25, -0.2) is 4.79 Å². The van der Waals surface area contributed by atoms with Crippen molar-refractivity contribution < 1.29 is 28.6 Å². The van der Waals surface area contributed by atoms with Crippen LogP contribution in [0.25, 0.3) is 17.2 Å². The SMILES string of the molecule is COC(=O)c1cc(-c2ccncc2)ccc1NC(=O)C1=Cc2c(C)c(OC(C)=O)c(C)c(C)c2OC1. The van der Waals surface area contributed by atoms with E-state index in [1.54, 1.807) is 36.7 Å². The van der Waals surface area contributed by atoms with Gasteiger partial charge >= 0.3 is 11.9 Å². The quantitative estimate of drug-likeness (QED) is 0.408. The average Bonchev–Trinajstić information content (AvgIpc) is 2.89. The number of ether oxygens (including phenoxy) is 3. The van der Waals surface area contributed by atoms with Crippen molar-refractivity contribution in [3.05, 3.63) is 76.1 Å². The minimum absolute atomic E-state index is 0.0497. The maximum absolute atomic E-state index is 13.2. The Hall–Kier alpha value is -4.46. The molecule has 0 fully saturated rings. The molecule has 1 aromatic heterocycles. The van der Waals surface area contributed by atoms with Crippen molar-refractivity contribution in [3.8, 4) is 22.6 Å². The topological polar surface area (TPSA) is 104 Å². The number of hydrogen-bond donors (Lipinski definition) is 1. The molecule has 1 N–H and O–H groups in total. The Morgan fingerprint density at radius 2 is 1.69 bits per heavy atom. The fourth-order valence-corrected chi connectivity index (χ4v) is 4.13. The molecule has 2 aromatic carbocycles. The second-order valence-electron chi connectivity index (χ2n) is 8.44. The van der Waals surface area contributed by atoms with E-state index in [1.807, 2.05) is 32.9 Å². The first-order valence-electron chi connectivity index (χ1n) is 11.3. The first-order valence-corrected chi connectivity index (χ1v) is 11.3. The van der Waals surface area contributed by atoms with E-state index in [0.717, 1.165) is 22.3 Å². The summed E-state index contributed by atoms with van der Waals surface area (Å²) in [6.07, 6.45) is 5.05. The summed E-state index contributed by atoms with van der Waals surface area (Å²) in [4.78, 5) is 41.4. The first kappa shape index (κ1) is 24.7. The molecule has 184 valence electrons. The van der Waals surface area contributed by atoms with Crippen molar-refractivity contribution in [3.63, 3.8) is 0 Å². The van der Waals surface area contributed by atoms with Gasteiger partial charge in [0.05, 0.1) is 23.9 Å². The second kappa shape index (κ2) is 10.0. The van der Waals surface area contributed by atoms with Crippen molar-refractivity contribution in [2.24, 2.45) is 0 Å². The minimum Gasteiger partial charge on any atom is -0.488 e. The van der Waals surface area contributed by atoms with E-state index in [-0.39, 0.29) is 12.2 Å². The summed E-state index contributed by atoms with van der Waals surface area (Å²) < 4.78 is 16.3. The number of pyridine rings is 1. The summed E-state index contributed by atoms with van der Waals surface area (Å²) in [6, 6.07) is 8.79. The molecule has 36 heavy (non-hydrogen) atoms. The number of benzene rings is 2. The van der Waals surface area contributed by atoms with Crippen molar-refractivity contribution in [1.29, 1.82) is 0 Å². The van der Waals surface area contributed by atoms with Crippen molar-refractivity contribution in [2.45, 2.75) is 27.7 Å². The highest BCUT2D eigenvalue weighted by Gasteiger charge is 2.26. The van der Waals surface area contributed by atoms with Gasteiger partial charge in [-0.05, 0) is 73.4 Å². The number of carbonyl (C=O) groups excluding carboxylic acids is 3. The second-order valence-corrected chi connectivity index (χ2v) is 8.44. The Morgan fingerprint density at radius 1 is 0.972 bits per heavy atom. The van der Waals surface area contributed by atoms with Gasteiger partial charge in [-0.2, -0.15) is 0 Å². The molecule has 0 saturated heterocycles. The summed E-state index contributed by atoms with van der Waals surface area (Å²) in [5.41, 5.74) is 5.56. The molecule has 0 bridgehead atoms. The van der Waals surface area contributed by atoms with Crippen molar-refractivity contribution in [2.75, 3.05) is 19.0 Å². The molecule has 0 radical (unpaired) electrons. The molecule has 1 aliphatic heterocycles. The number of rotatable bonds is 5. The van der Waals surface area contributed by atoms with Crippen LogP contribution < -0.4 is 14.8 Å². The van der Waals surface area contributed by atoms with E-state index in [2.05, 4.69) is 10.3 Å². The smallest absolute Gasteiger partial charge is 0.339 e. The lowest BCUT2D eigenvalue weighted by molar-refractivity contribution is -0.132. The molecule has 2 heterocycles. The predicted octanol–water partition coefficient (Wildman–Crippen LogP) is 4.80. The lowest BCUT2D eigenvalue weighted by Crippen LogP contribution is -2.23. The predicted molar refractivity (Wildman–Crippen MR) is 135 cm³/mol. The third-order valence-corrected chi connectivity index (χ3v) is 6.15. The molecule has 0 unspecified atom stereocenters. The Labute approximate surface area is 208 Å². The molecular weight excluding hydrogens is 460 g/mol. The summed E-state index contributed by atoms with van der Waals surface area (Å²) in [6.45, 7) is 6.95. The maximum Gasteiger partial charge on any atom is 0.339 e. The van der Waals surface area contributed by atoms with Crippen LogP contribution in [-0.4, -0.2) is 36.5 Å². The highest BCUT2D eigenvalue weighted by Crippen LogP contribution is 2.41. The zero-order chi connectivity index (χ0) is 26.0. The fourth-order valence-electron chi connectivity index (χ4n) is 4.13. The fraction of sp³-hybridized carbons (Fsp3) is 0.214. The van der Waals surface area contributed by atoms with Crippen LogP contribution in [-0.2, 0) is 14.3 Å². The lowest BCUT2D eigenvalue weighted by atomic mass is 9.94. The minimum atomic E-state index is -0.576. The normalized spacial score (nSPS) is 12.1. The van der Waals surface area contributed by atoms with Crippen molar-refractivity contribution >= 4 is 29.6 Å². The van der Waals surface area contributed by atoms with Gasteiger partial charge in [0, 0.05) is 30.4 Å². The molecule has 8 nitrogen and oxygen atoms in total. The van der Waals surface area contributed by atoms with Crippen LogP contribution in [0, 0.1) is 20.8 Å². The van der Waals surface area contributed by atoms with Gasteiger partial charge in [0.1, 0.15) is 18.1 Å². The third kappa shape index (κ3) is 4.70. The Kier molecular flexibility index (Phi) is 6.87. The molecule has 1 amide bonds. The Balaban J connectivity index is 1.69. The molecule has 3 aromatic rings. The highest BCUT2D eigenvalue weighted by molar-refractivity contribution is 6.10. The summed E-state index contributed by atoms with van der Waals surface area (Å²) in [7, 11) is 1.29. The largest absolute Gasteiger partial charge is 0.488 e. The van der Waals surface area contributed by atoms with Crippen LogP contribution in [0.3, 0.4) is 0 Å². The van der Waals surface area contributed by atoms with Crippen LogP contribution in [0.15, 0.2) is 48.3 Å². The number of carbonyl (C=O) groups is 3. The van der Waals surface area contributed by atoms with E-state index in [1.165, 1.54) is 14.0 Å². The number of fused-ring (bicyclic) bond motifs is 1. The number of nitrogens with one attached hydrogen (secondary N) is 1. The third-order valence-electron chi connectivity index (χ3n) is 6.15. The van der Waals surface area contributed by atoms with E-state index in [0.29, 0.717) is 33.9 Å². The molecular formula is C28H26N2O6. The summed E-state index contributed by atoms with van der Waals surface area (Å²) in [5.74, 6) is -0.318. The first-order chi connectivity index (χ1) is 17.2. The van der Waals surface area contributed by atoms with Gasteiger partial charge in [0.15, 0.2) is 0 Å². The van der Waals surface area contributed by atoms with Gasteiger partial charge < -0.3 is 19.5 Å². The highest BCUT2D eigenvalue weighted by atomic mass is 16.5. The van der Waals surface area contributed by atoms with Gasteiger partial charge in [0.2, 0.25) is 0 Å². The Bertz CT molecular complexity index is 1410. The summed E-state index contributed by atoms with van der Waals surface area (Å²) in [5, 5.41) is 2.81. The molecule has 4 rings (SSSR count). The van der Waals surface area contributed by atoms with E-state index >= 15 is 0 Å². The van der Waals surface area contributed by atoms with Crippen molar-refractivity contribution in [1.82, 2.24) is 4.98 Å². The number of aromatic nitrogens is 1. The van der Waals surface area contributed by atoms with Crippen LogP contribution in [0.5, 0.6) is 11.5 Å². The molecule has 0 atom stereocenters. The van der Waals surface area contributed by atoms with E-state index < -0.39 is 17.8 Å². The molecule has 8 heteroatoms. The molecule has 0 aliphatic carbocycles. The molecule has 0 spiro atoms. The Morgan fingerprint density at radius 3 is 2.36 bits per heavy atom. The number of amides is 1. The number of nitrogens with zero attached hydrogens (tertiary/aromatic N) is 1. The van der Waals surface area contributed by atoms with E-state index in [4.69, 9.17) is 14.2 Å². The standard InChI is InChI=1S/C28H26N2O6/c1-15-16(2)26-22(17(3)25(15)36-18(4)31)13-21(14-35-26)27(32)30-24-7-6-20(12-23(24)28(33)34-5)19-8-10-29-11-9-19/h6-13H,14H2,1-5H3,(H,30,32).